The Kier molecular flexibility index (Phi) is 1.89. The van der Waals surface area contributed by atoms with Crippen LogP contribution in [0.25, 0.3) is 0 Å². The van der Waals surface area contributed by atoms with Gasteiger partial charge in [-0.25, -0.2) is 0 Å². The molecule has 0 bridgehead atoms. The predicted molar refractivity (Wildman–Crippen MR) is 55.2 cm³/mol. The first kappa shape index (κ1) is 9.60. The molecular formula is C11H18N2O2. The number of rotatable bonds is 2. The average Bonchev–Trinajstić information content (AvgIpc) is 2.85. The Morgan fingerprint density at radius 3 is 2.60 bits per heavy atom. The minimum atomic E-state index is -0.155. The molecule has 1 heterocycles. The van der Waals surface area contributed by atoms with Gasteiger partial charge in [-0.05, 0) is 32.6 Å². The van der Waals surface area contributed by atoms with E-state index in [9.17, 15) is 4.79 Å². The number of hydrogen-bond acceptors (Lipinski definition) is 3. The van der Waals surface area contributed by atoms with Gasteiger partial charge in [0.2, 0.25) is 5.91 Å². The lowest BCUT2D eigenvalue weighted by molar-refractivity contribution is -0.137. The maximum Gasteiger partial charge on any atom is 0.244 e. The molecule has 1 N–H and O–H groups in total. The number of amides is 1. The van der Waals surface area contributed by atoms with Crippen LogP contribution in [0, 0.1) is 0 Å². The number of nitrogens with zero attached hydrogens (tertiary/aromatic N) is 1. The molecule has 2 aliphatic carbocycles. The van der Waals surface area contributed by atoms with Gasteiger partial charge in [0.1, 0.15) is 0 Å². The van der Waals surface area contributed by atoms with Crippen molar-refractivity contribution in [2.75, 3.05) is 7.11 Å². The van der Waals surface area contributed by atoms with E-state index in [0.717, 1.165) is 25.7 Å². The van der Waals surface area contributed by atoms with Crippen molar-refractivity contribution in [1.29, 1.82) is 0 Å². The van der Waals surface area contributed by atoms with Gasteiger partial charge in [0.25, 0.3) is 0 Å². The van der Waals surface area contributed by atoms with Crippen molar-refractivity contribution in [1.82, 2.24) is 10.2 Å². The zero-order valence-corrected chi connectivity index (χ0v) is 9.32. The molecule has 1 unspecified atom stereocenters. The van der Waals surface area contributed by atoms with Gasteiger partial charge < -0.3 is 9.64 Å². The second kappa shape index (κ2) is 2.95. The van der Waals surface area contributed by atoms with Crippen LogP contribution in [0.2, 0.25) is 0 Å². The first-order chi connectivity index (χ1) is 7.16. The van der Waals surface area contributed by atoms with Gasteiger partial charge in [0.15, 0.2) is 0 Å². The lowest BCUT2D eigenvalue weighted by Gasteiger charge is -2.41. The molecule has 4 nitrogen and oxygen atoms in total. The highest BCUT2D eigenvalue weighted by atomic mass is 16.5. The average molecular weight is 210 g/mol. The van der Waals surface area contributed by atoms with Crippen LogP contribution in [0.15, 0.2) is 0 Å². The van der Waals surface area contributed by atoms with Gasteiger partial charge in [-0.2, -0.15) is 0 Å². The fraction of sp³-hybridized carbons (Fsp3) is 0.909. The summed E-state index contributed by atoms with van der Waals surface area (Å²) >= 11 is 0. The Labute approximate surface area is 90.0 Å². The Bertz CT molecular complexity index is 295. The monoisotopic (exact) mass is 210 g/mol. The molecule has 1 spiro atoms. The van der Waals surface area contributed by atoms with Gasteiger partial charge in [-0.3, -0.25) is 10.1 Å². The van der Waals surface area contributed by atoms with Crippen LogP contribution in [0.3, 0.4) is 0 Å². The summed E-state index contributed by atoms with van der Waals surface area (Å²) in [5.74, 6) is 0.328. The fourth-order valence-corrected chi connectivity index (χ4v) is 2.88. The Morgan fingerprint density at radius 2 is 2.13 bits per heavy atom. The molecule has 84 valence electrons. The van der Waals surface area contributed by atoms with Gasteiger partial charge in [0.05, 0.1) is 17.8 Å². The van der Waals surface area contributed by atoms with E-state index in [2.05, 4.69) is 12.2 Å². The first-order valence-electron chi connectivity index (χ1n) is 5.79. The normalized spacial score (nSPS) is 42.1. The third-order valence-corrected chi connectivity index (χ3v) is 4.09. The topological polar surface area (TPSA) is 41.6 Å². The molecule has 3 fully saturated rings. The van der Waals surface area contributed by atoms with Gasteiger partial charge in [-0.1, -0.05) is 0 Å². The second-order valence-corrected chi connectivity index (χ2v) is 5.10. The summed E-state index contributed by atoms with van der Waals surface area (Å²) in [6.45, 7) is 2.09. The Balaban J connectivity index is 1.69. The fourth-order valence-electron chi connectivity index (χ4n) is 2.88. The van der Waals surface area contributed by atoms with Gasteiger partial charge in [0, 0.05) is 13.2 Å². The number of carbonyl (C=O) groups excluding carboxylic acids is 1. The highest BCUT2D eigenvalue weighted by Crippen LogP contribution is 2.44. The van der Waals surface area contributed by atoms with Gasteiger partial charge in [-0.15, -0.1) is 0 Å². The quantitative estimate of drug-likeness (QED) is 0.720. The van der Waals surface area contributed by atoms with E-state index in [4.69, 9.17) is 4.74 Å². The SMILES string of the molecule is COC1CC(N2C(=O)C3(CC3)NC2C)C1. The van der Waals surface area contributed by atoms with Crippen LogP contribution in [0.5, 0.6) is 0 Å². The molecule has 2 saturated carbocycles. The smallest absolute Gasteiger partial charge is 0.244 e. The zero-order chi connectivity index (χ0) is 10.6. The van der Waals surface area contributed by atoms with Crippen molar-refractivity contribution in [2.24, 2.45) is 0 Å². The van der Waals surface area contributed by atoms with E-state index in [0.29, 0.717) is 18.1 Å². The van der Waals surface area contributed by atoms with Crippen LogP contribution in [-0.2, 0) is 9.53 Å². The minimum absolute atomic E-state index is 0.155. The molecule has 0 radical (unpaired) electrons. The van der Waals surface area contributed by atoms with Crippen LogP contribution in [0.4, 0.5) is 0 Å². The first-order valence-corrected chi connectivity index (χ1v) is 5.79. The summed E-state index contributed by atoms with van der Waals surface area (Å²) in [6.07, 6.45) is 4.63. The largest absolute Gasteiger partial charge is 0.381 e. The molecule has 1 atom stereocenters. The van der Waals surface area contributed by atoms with Crippen LogP contribution in [0.1, 0.15) is 32.6 Å². The van der Waals surface area contributed by atoms with Crippen molar-refractivity contribution in [3.05, 3.63) is 0 Å². The molecule has 3 rings (SSSR count). The van der Waals surface area contributed by atoms with Gasteiger partial charge >= 0.3 is 0 Å². The molecule has 1 saturated heterocycles. The summed E-state index contributed by atoms with van der Waals surface area (Å²) in [5, 5.41) is 3.42. The van der Waals surface area contributed by atoms with Crippen LogP contribution in [-0.4, -0.2) is 41.8 Å². The number of carbonyl (C=O) groups is 1. The summed E-state index contributed by atoms with van der Waals surface area (Å²) in [7, 11) is 1.75. The summed E-state index contributed by atoms with van der Waals surface area (Å²) in [4.78, 5) is 14.2. The molecular weight excluding hydrogens is 192 g/mol. The summed E-state index contributed by atoms with van der Waals surface area (Å²) in [6, 6.07) is 0.407. The summed E-state index contributed by atoms with van der Waals surface area (Å²) < 4.78 is 5.26. The third kappa shape index (κ3) is 1.24. The predicted octanol–water partition coefficient (Wildman–Crippen LogP) is 0.474. The molecule has 0 aromatic rings. The van der Waals surface area contributed by atoms with E-state index in [1.54, 1.807) is 7.11 Å². The molecule has 1 amide bonds. The number of ether oxygens (including phenoxy) is 1. The van der Waals surface area contributed by atoms with E-state index < -0.39 is 0 Å². The van der Waals surface area contributed by atoms with Crippen molar-refractivity contribution in [2.45, 2.75) is 56.5 Å². The van der Waals surface area contributed by atoms with Crippen molar-refractivity contribution < 1.29 is 9.53 Å². The van der Waals surface area contributed by atoms with Crippen molar-refractivity contribution in [3.63, 3.8) is 0 Å². The number of nitrogens with one attached hydrogen (secondary N) is 1. The molecule has 4 heteroatoms. The Morgan fingerprint density at radius 1 is 1.47 bits per heavy atom. The standard InChI is InChI=1S/C11H18N2O2/c1-7-12-11(3-4-11)10(14)13(7)8-5-9(6-8)15-2/h7-9,12H,3-6H2,1-2H3. The van der Waals surface area contributed by atoms with Crippen LogP contribution >= 0.6 is 0 Å². The zero-order valence-electron chi connectivity index (χ0n) is 9.32. The van der Waals surface area contributed by atoms with Crippen molar-refractivity contribution >= 4 is 5.91 Å². The lowest BCUT2D eigenvalue weighted by atomic mass is 9.87. The minimum Gasteiger partial charge on any atom is -0.381 e. The van der Waals surface area contributed by atoms with E-state index in [-0.39, 0.29) is 11.7 Å². The van der Waals surface area contributed by atoms with E-state index in [1.807, 2.05) is 4.90 Å². The maximum absolute atomic E-state index is 12.2. The maximum atomic E-state index is 12.2. The molecule has 15 heavy (non-hydrogen) atoms. The van der Waals surface area contributed by atoms with Crippen LogP contribution < -0.4 is 5.32 Å². The molecule has 1 aliphatic heterocycles. The highest BCUT2D eigenvalue weighted by molar-refractivity contribution is 5.92. The lowest BCUT2D eigenvalue weighted by Crippen LogP contribution is -2.52. The Hall–Kier alpha value is -0.610. The molecule has 3 aliphatic rings. The number of methoxy groups -OCH3 is 1. The van der Waals surface area contributed by atoms with Crippen molar-refractivity contribution in [3.8, 4) is 0 Å². The van der Waals surface area contributed by atoms with E-state index in [1.165, 1.54) is 0 Å². The second-order valence-electron chi connectivity index (χ2n) is 5.10. The highest BCUT2D eigenvalue weighted by Gasteiger charge is 2.60. The van der Waals surface area contributed by atoms with E-state index >= 15 is 0 Å². The third-order valence-electron chi connectivity index (χ3n) is 4.09. The summed E-state index contributed by atoms with van der Waals surface area (Å²) in [5.41, 5.74) is -0.155. The number of hydrogen-bond donors (Lipinski definition) is 1. The molecule has 0 aromatic carbocycles. The molecule has 0 aromatic heterocycles.